The highest BCUT2D eigenvalue weighted by molar-refractivity contribution is 5.94. The van der Waals surface area contributed by atoms with Gasteiger partial charge >= 0.3 is 0 Å². The molecule has 0 amide bonds. The first-order chi connectivity index (χ1) is 27.4. The average Bonchev–Trinajstić information content (AvgIpc) is 3.26. The number of carbonyl (C=O) groups excluding carboxylic acids is 4. The van der Waals surface area contributed by atoms with Crippen molar-refractivity contribution in [3.8, 4) is 0 Å². The zero-order valence-electron chi connectivity index (χ0n) is 30.7. The molecule has 0 N–H and O–H groups in total. The van der Waals surface area contributed by atoms with Crippen LogP contribution in [0.4, 0.5) is 17.1 Å². The van der Waals surface area contributed by atoms with Gasteiger partial charge in [0.15, 0.2) is 0 Å². The van der Waals surface area contributed by atoms with Crippen molar-refractivity contribution in [3.63, 3.8) is 0 Å². The number of carbonyl (C=O) groups is 4. The van der Waals surface area contributed by atoms with Crippen LogP contribution in [0, 0.1) is 6.92 Å². The van der Waals surface area contributed by atoms with Crippen LogP contribution in [0.2, 0.25) is 0 Å². The summed E-state index contributed by atoms with van der Waals surface area (Å²) in [6.07, 6.45) is 7.56. The SMILES string of the molecule is Cc1ccc(N(c2ccc(C=C(c3ccc(C=O)cc3)c3ccc(C=O)cc3)cc2)c2ccc(C=C(c3ccc(C=O)cc3)c3ccc(C=O)cc3)cc2)cc1. The van der Waals surface area contributed by atoms with Gasteiger partial charge in [0.1, 0.15) is 25.1 Å². The van der Waals surface area contributed by atoms with Crippen LogP contribution < -0.4 is 4.90 Å². The lowest BCUT2D eigenvalue weighted by atomic mass is 9.94. The summed E-state index contributed by atoms with van der Waals surface area (Å²) < 4.78 is 0. The van der Waals surface area contributed by atoms with E-state index in [0.717, 1.165) is 86.7 Å². The van der Waals surface area contributed by atoms with Crippen LogP contribution in [0.5, 0.6) is 0 Å². The summed E-state index contributed by atoms with van der Waals surface area (Å²) in [4.78, 5) is 47.7. The van der Waals surface area contributed by atoms with Gasteiger partial charge in [-0.1, -0.05) is 139 Å². The number of aldehydes is 4. The molecular formula is C51H37NO4. The number of benzene rings is 7. The minimum atomic E-state index is 0.602. The zero-order chi connectivity index (χ0) is 38.9. The number of aryl methyl sites for hydroxylation is 1. The fourth-order valence-corrected chi connectivity index (χ4v) is 6.55. The van der Waals surface area contributed by atoms with Crippen molar-refractivity contribution in [1.82, 2.24) is 0 Å². The molecule has 0 aromatic heterocycles. The molecule has 0 spiro atoms. The minimum absolute atomic E-state index is 0.602. The van der Waals surface area contributed by atoms with Crippen molar-refractivity contribution in [1.29, 1.82) is 0 Å². The molecule has 0 aliphatic heterocycles. The fraction of sp³-hybridized carbons (Fsp3) is 0.0196. The summed E-state index contributed by atoms with van der Waals surface area (Å²) in [5.41, 5.74) is 14.3. The molecule has 0 unspecified atom stereocenters. The van der Waals surface area contributed by atoms with Crippen LogP contribution in [0.3, 0.4) is 0 Å². The zero-order valence-corrected chi connectivity index (χ0v) is 30.7. The normalized spacial score (nSPS) is 10.5. The second kappa shape index (κ2) is 17.1. The minimum Gasteiger partial charge on any atom is -0.311 e. The number of hydrogen-bond acceptors (Lipinski definition) is 5. The van der Waals surface area contributed by atoms with E-state index in [2.05, 4.69) is 96.8 Å². The number of hydrogen-bond donors (Lipinski definition) is 0. The summed E-state index contributed by atoms with van der Waals surface area (Å²) >= 11 is 0. The summed E-state index contributed by atoms with van der Waals surface area (Å²) in [6.45, 7) is 2.07. The Balaban J connectivity index is 1.25. The van der Waals surface area contributed by atoms with Crippen molar-refractivity contribution in [2.45, 2.75) is 6.92 Å². The van der Waals surface area contributed by atoms with E-state index in [1.165, 1.54) is 5.56 Å². The molecule has 0 atom stereocenters. The van der Waals surface area contributed by atoms with E-state index in [4.69, 9.17) is 0 Å². The van der Waals surface area contributed by atoms with Gasteiger partial charge in [-0.05, 0) is 100 Å². The van der Waals surface area contributed by atoms with E-state index in [1.807, 2.05) is 48.5 Å². The smallest absolute Gasteiger partial charge is 0.150 e. The van der Waals surface area contributed by atoms with Gasteiger partial charge in [-0.15, -0.1) is 0 Å². The first-order valence-electron chi connectivity index (χ1n) is 18.2. The number of rotatable bonds is 13. The van der Waals surface area contributed by atoms with Crippen LogP contribution >= 0.6 is 0 Å². The van der Waals surface area contributed by atoms with Crippen molar-refractivity contribution < 1.29 is 19.2 Å². The molecule has 0 aliphatic carbocycles. The van der Waals surface area contributed by atoms with E-state index in [0.29, 0.717) is 22.3 Å². The Hall–Kier alpha value is -7.50. The predicted octanol–water partition coefficient (Wildman–Crippen LogP) is 11.9. The molecule has 56 heavy (non-hydrogen) atoms. The third kappa shape index (κ3) is 8.49. The van der Waals surface area contributed by atoms with E-state index < -0.39 is 0 Å². The van der Waals surface area contributed by atoms with Gasteiger partial charge in [0, 0.05) is 39.3 Å². The molecule has 0 saturated carbocycles. The Bertz CT molecular complexity index is 2260. The van der Waals surface area contributed by atoms with Gasteiger partial charge in [-0.3, -0.25) is 19.2 Å². The van der Waals surface area contributed by atoms with Crippen LogP contribution in [0.1, 0.15) is 80.4 Å². The predicted molar refractivity (Wildman–Crippen MR) is 227 cm³/mol. The van der Waals surface area contributed by atoms with Crippen molar-refractivity contribution in [2.75, 3.05) is 4.90 Å². The highest BCUT2D eigenvalue weighted by Gasteiger charge is 2.14. The lowest BCUT2D eigenvalue weighted by Gasteiger charge is -2.26. The maximum Gasteiger partial charge on any atom is 0.150 e. The topological polar surface area (TPSA) is 71.5 Å². The van der Waals surface area contributed by atoms with Gasteiger partial charge in [-0.25, -0.2) is 0 Å². The molecule has 7 rings (SSSR count). The molecule has 5 heteroatoms. The molecule has 0 aliphatic rings. The number of nitrogens with zero attached hydrogens (tertiary/aromatic N) is 1. The Morgan fingerprint density at radius 3 is 0.804 bits per heavy atom. The quantitative estimate of drug-likeness (QED) is 0.0873. The van der Waals surface area contributed by atoms with E-state index >= 15 is 0 Å². The molecule has 0 heterocycles. The maximum absolute atomic E-state index is 11.4. The van der Waals surface area contributed by atoms with Gasteiger partial charge in [0.2, 0.25) is 0 Å². The molecule has 0 saturated heterocycles. The summed E-state index contributed by atoms with van der Waals surface area (Å²) in [5.74, 6) is 0. The summed E-state index contributed by atoms with van der Waals surface area (Å²) in [7, 11) is 0. The van der Waals surface area contributed by atoms with Gasteiger partial charge < -0.3 is 4.90 Å². The largest absolute Gasteiger partial charge is 0.311 e. The molecular weight excluding hydrogens is 691 g/mol. The fourth-order valence-electron chi connectivity index (χ4n) is 6.55. The van der Waals surface area contributed by atoms with Crippen LogP contribution in [0.15, 0.2) is 170 Å². The van der Waals surface area contributed by atoms with E-state index in [-0.39, 0.29) is 0 Å². The van der Waals surface area contributed by atoms with Crippen molar-refractivity contribution >= 4 is 65.5 Å². The summed E-state index contributed by atoms with van der Waals surface area (Å²) in [5, 5.41) is 0. The first kappa shape index (κ1) is 36.8. The van der Waals surface area contributed by atoms with E-state index in [9.17, 15) is 19.2 Å². The highest BCUT2D eigenvalue weighted by Crippen LogP contribution is 2.36. The lowest BCUT2D eigenvalue weighted by molar-refractivity contribution is 0.111. The number of anilines is 3. The Labute approximate surface area is 326 Å². The third-order valence-corrected chi connectivity index (χ3v) is 9.65. The van der Waals surface area contributed by atoms with Crippen LogP contribution in [-0.4, -0.2) is 25.1 Å². The third-order valence-electron chi connectivity index (χ3n) is 9.65. The lowest BCUT2D eigenvalue weighted by Crippen LogP contribution is -2.09. The molecule has 7 aromatic carbocycles. The van der Waals surface area contributed by atoms with Crippen LogP contribution in [0.25, 0.3) is 23.3 Å². The summed E-state index contributed by atoms with van der Waals surface area (Å²) in [6, 6.07) is 55.1. The van der Waals surface area contributed by atoms with Crippen molar-refractivity contribution in [2.24, 2.45) is 0 Å². The second-order valence-corrected chi connectivity index (χ2v) is 13.4. The standard InChI is InChI=1S/C51H37NO4/c1-36-2-24-47(25-3-36)52(48-26-12-37(13-27-48)30-50(43-16-4-39(32-53)5-17-43)44-18-6-40(33-54)7-19-44)49-28-14-38(15-29-49)31-51(45-20-8-41(34-55)9-21-45)46-22-10-42(35-56)11-23-46/h2-35H,1H3. The Morgan fingerprint density at radius 1 is 0.321 bits per heavy atom. The van der Waals surface area contributed by atoms with Crippen LogP contribution in [-0.2, 0) is 0 Å². The maximum atomic E-state index is 11.4. The average molecular weight is 728 g/mol. The second-order valence-electron chi connectivity index (χ2n) is 13.4. The highest BCUT2D eigenvalue weighted by atomic mass is 16.1. The van der Waals surface area contributed by atoms with Gasteiger partial charge in [0.25, 0.3) is 0 Å². The monoisotopic (exact) mass is 727 g/mol. The molecule has 0 fully saturated rings. The molecule has 0 bridgehead atoms. The van der Waals surface area contributed by atoms with E-state index in [1.54, 1.807) is 48.5 Å². The Kier molecular flexibility index (Phi) is 11.2. The molecule has 5 nitrogen and oxygen atoms in total. The first-order valence-corrected chi connectivity index (χ1v) is 18.2. The van der Waals surface area contributed by atoms with Crippen molar-refractivity contribution in [3.05, 3.63) is 231 Å². The Morgan fingerprint density at radius 2 is 0.554 bits per heavy atom. The van der Waals surface area contributed by atoms with Gasteiger partial charge in [-0.2, -0.15) is 0 Å². The molecule has 270 valence electrons. The molecule has 0 radical (unpaired) electrons. The molecule has 7 aromatic rings. The van der Waals surface area contributed by atoms with Gasteiger partial charge in [0.05, 0.1) is 0 Å².